The number of carbonyl (C=O) groups is 2. The van der Waals surface area contributed by atoms with Gasteiger partial charge in [0.05, 0.1) is 13.2 Å². The lowest BCUT2D eigenvalue weighted by molar-refractivity contribution is -0.161. The fourth-order valence-corrected chi connectivity index (χ4v) is 13.3. The molecule has 2 unspecified atom stereocenters. The number of rotatable bonds is 79. The van der Waals surface area contributed by atoms with Gasteiger partial charge in [0.15, 0.2) is 6.10 Å². The Balaban J connectivity index is 3.73. The van der Waals surface area contributed by atoms with Crippen molar-refractivity contribution in [1.29, 1.82) is 0 Å². The van der Waals surface area contributed by atoms with E-state index in [0.717, 1.165) is 64.2 Å². The minimum atomic E-state index is -4.40. The zero-order chi connectivity index (χ0) is 68.6. The van der Waals surface area contributed by atoms with Crippen LogP contribution < -0.4 is 5.73 Å². The molecule has 0 aliphatic rings. The van der Waals surface area contributed by atoms with Gasteiger partial charge in [-0.05, 0) is 83.5 Å². The first-order valence-corrected chi connectivity index (χ1v) is 42.9. The lowest BCUT2D eigenvalue weighted by Gasteiger charge is -2.19. The Bertz CT molecular complexity index is 1790. The fourth-order valence-electron chi connectivity index (χ4n) is 12.5. The quantitative estimate of drug-likeness (QED) is 0.0264. The molecule has 95 heavy (non-hydrogen) atoms. The van der Waals surface area contributed by atoms with Crippen molar-refractivity contribution >= 4 is 19.8 Å². The number of hydrogen-bond donors (Lipinski definition) is 2. The van der Waals surface area contributed by atoms with Gasteiger partial charge in [0.2, 0.25) is 0 Å². The molecule has 0 aliphatic heterocycles. The van der Waals surface area contributed by atoms with Crippen LogP contribution in [0.4, 0.5) is 0 Å². The Hall–Kier alpha value is -2.55. The van der Waals surface area contributed by atoms with Crippen molar-refractivity contribution in [3.8, 4) is 0 Å². The van der Waals surface area contributed by atoms with E-state index in [9.17, 15) is 19.0 Å². The molecule has 0 saturated heterocycles. The Morgan fingerprint density at radius 1 is 0.326 bits per heavy atom. The summed E-state index contributed by atoms with van der Waals surface area (Å²) in [6.45, 7) is 3.70. The summed E-state index contributed by atoms with van der Waals surface area (Å²) in [5, 5.41) is 0. The van der Waals surface area contributed by atoms with Gasteiger partial charge >= 0.3 is 19.8 Å². The number of allylic oxidation sites excluding steroid dienone is 12. The number of nitrogens with two attached hydrogens (primary N) is 1. The van der Waals surface area contributed by atoms with Crippen molar-refractivity contribution in [2.24, 2.45) is 5.73 Å². The van der Waals surface area contributed by atoms with Crippen molar-refractivity contribution < 1.29 is 37.6 Å². The summed E-state index contributed by atoms with van der Waals surface area (Å²) >= 11 is 0. The third-order valence-electron chi connectivity index (χ3n) is 18.6. The standard InChI is InChI=1S/C85H158NO8P/c1-3-5-7-9-11-13-15-17-19-21-23-25-27-29-31-33-35-37-38-39-40-41-42-43-44-46-48-50-52-54-56-58-60-62-64-66-68-70-72-74-76-78-85(88)94-83(82-93-95(89,90)92-80-79-86)81-91-84(87)77-75-73-71-69-67-65-63-61-59-57-55-53-51-49-47-45-36-34-32-30-28-26-24-22-20-18-16-14-12-10-8-6-4-2/h5,7,11,13,16-19,22-25,83H,3-4,6,8-10,12,14-15,20-21,26-82,86H2,1-2H3,(H,89,90)/b7-5-,13-11-,18-16-,19-17-,24-22-,25-23-. The Morgan fingerprint density at radius 3 is 0.863 bits per heavy atom. The molecule has 0 radical (unpaired) electrons. The average Bonchev–Trinajstić information content (AvgIpc) is 2.75. The highest BCUT2D eigenvalue weighted by molar-refractivity contribution is 7.47. The molecule has 0 aromatic heterocycles. The third-order valence-corrected chi connectivity index (χ3v) is 19.6. The van der Waals surface area contributed by atoms with E-state index in [1.807, 2.05) is 0 Å². The minimum absolute atomic E-state index is 0.0555. The van der Waals surface area contributed by atoms with E-state index in [4.69, 9.17) is 24.3 Å². The molecule has 0 fully saturated rings. The number of unbranched alkanes of at least 4 members (excludes halogenated alkanes) is 54. The Labute approximate surface area is 590 Å². The van der Waals surface area contributed by atoms with E-state index in [0.29, 0.717) is 6.42 Å². The van der Waals surface area contributed by atoms with Crippen molar-refractivity contribution in [2.45, 2.75) is 431 Å². The highest BCUT2D eigenvalue weighted by Gasteiger charge is 2.26. The molecule has 0 spiro atoms. The third kappa shape index (κ3) is 80.3. The molecule has 0 amide bonds. The molecule has 2 atom stereocenters. The number of hydrogen-bond acceptors (Lipinski definition) is 8. The van der Waals surface area contributed by atoms with Gasteiger partial charge in [0.1, 0.15) is 6.61 Å². The first-order valence-electron chi connectivity index (χ1n) is 41.4. The number of phosphoric ester groups is 1. The molecule has 0 rings (SSSR count). The maximum atomic E-state index is 12.8. The second-order valence-corrected chi connectivity index (χ2v) is 29.4. The van der Waals surface area contributed by atoms with Gasteiger partial charge in [-0.2, -0.15) is 0 Å². The summed E-state index contributed by atoms with van der Waals surface area (Å²) in [6.07, 6.45) is 108. The Kier molecular flexibility index (Phi) is 78.3. The lowest BCUT2D eigenvalue weighted by atomic mass is 10.0. The number of phosphoric acid groups is 1. The number of ether oxygens (including phenoxy) is 2. The largest absolute Gasteiger partial charge is 0.472 e. The van der Waals surface area contributed by atoms with Crippen LogP contribution in [0, 0.1) is 0 Å². The molecule has 0 aromatic carbocycles. The molecule has 0 bridgehead atoms. The Morgan fingerprint density at radius 2 is 0.579 bits per heavy atom. The van der Waals surface area contributed by atoms with Crippen LogP contribution in [0.1, 0.15) is 425 Å². The van der Waals surface area contributed by atoms with Crippen LogP contribution in [-0.4, -0.2) is 49.3 Å². The van der Waals surface area contributed by atoms with E-state index >= 15 is 0 Å². The molecule has 0 aliphatic carbocycles. The molecule has 0 aromatic rings. The average molecular weight is 1350 g/mol. The zero-order valence-electron chi connectivity index (χ0n) is 62.9. The summed E-state index contributed by atoms with van der Waals surface area (Å²) in [4.78, 5) is 35.5. The van der Waals surface area contributed by atoms with Crippen molar-refractivity contribution in [3.63, 3.8) is 0 Å². The normalized spacial score (nSPS) is 13.2. The number of esters is 2. The molecule has 0 saturated carbocycles. The summed E-state index contributed by atoms with van der Waals surface area (Å²) < 4.78 is 33.3. The maximum absolute atomic E-state index is 12.8. The van der Waals surface area contributed by atoms with E-state index in [1.54, 1.807) is 0 Å². The smallest absolute Gasteiger partial charge is 0.462 e. The number of carbonyl (C=O) groups excluding carboxylic acids is 2. The highest BCUT2D eigenvalue weighted by Crippen LogP contribution is 2.43. The SMILES string of the molecule is CC/C=C\C/C=C\C/C=C\C/C=C\CCCCCCCCCCCCCCCCCCCCCCCCCCCCCCC(=O)OC(COC(=O)CCCCCCCCCCCCCCCCCCCCCCC/C=C\C/C=C\CCCCCCC)COP(=O)(O)OCCN. The van der Waals surface area contributed by atoms with Crippen LogP contribution in [0.5, 0.6) is 0 Å². The van der Waals surface area contributed by atoms with Crippen molar-refractivity contribution in [3.05, 3.63) is 72.9 Å². The highest BCUT2D eigenvalue weighted by atomic mass is 31.2. The topological polar surface area (TPSA) is 134 Å². The second-order valence-electron chi connectivity index (χ2n) is 28.0. The lowest BCUT2D eigenvalue weighted by Crippen LogP contribution is -2.29. The van der Waals surface area contributed by atoms with Crippen LogP contribution in [0.3, 0.4) is 0 Å². The first-order chi connectivity index (χ1) is 46.8. The first kappa shape index (κ1) is 92.4. The van der Waals surface area contributed by atoms with Crippen LogP contribution in [0.15, 0.2) is 72.9 Å². The predicted octanol–water partition coefficient (Wildman–Crippen LogP) is 27.9. The van der Waals surface area contributed by atoms with Crippen LogP contribution in [0.2, 0.25) is 0 Å². The maximum Gasteiger partial charge on any atom is 0.472 e. The molecular formula is C85H158NO8P. The van der Waals surface area contributed by atoms with Gasteiger partial charge in [-0.1, -0.05) is 401 Å². The van der Waals surface area contributed by atoms with Crippen LogP contribution >= 0.6 is 7.82 Å². The monoisotopic (exact) mass is 1350 g/mol. The van der Waals surface area contributed by atoms with Crippen molar-refractivity contribution in [2.75, 3.05) is 26.4 Å². The molecule has 10 heteroatoms. The van der Waals surface area contributed by atoms with E-state index in [-0.39, 0.29) is 38.6 Å². The van der Waals surface area contributed by atoms with Gasteiger partial charge in [-0.15, -0.1) is 0 Å². The van der Waals surface area contributed by atoms with E-state index < -0.39 is 26.5 Å². The van der Waals surface area contributed by atoms with E-state index in [1.165, 1.54) is 327 Å². The summed E-state index contributed by atoms with van der Waals surface area (Å²) in [5.74, 6) is -0.803. The second kappa shape index (κ2) is 80.4. The molecule has 556 valence electrons. The van der Waals surface area contributed by atoms with Gasteiger partial charge in [-0.3, -0.25) is 18.6 Å². The summed E-state index contributed by atoms with van der Waals surface area (Å²) in [6, 6.07) is 0. The van der Waals surface area contributed by atoms with Gasteiger partial charge in [0.25, 0.3) is 0 Å². The van der Waals surface area contributed by atoms with Gasteiger partial charge < -0.3 is 20.1 Å². The van der Waals surface area contributed by atoms with Crippen molar-refractivity contribution in [1.82, 2.24) is 0 Å². The van der Waals surface area contributed by atoms with Gasteiger partial charge in [0, 0.05) is 19.4 Å². The van der Waals surface area contributed by atoms with E-state index in [2.05, 4.69) is 86.8 Å². The predicted molar refractivity (Wildman–Crippen MR) is 413 cm³/mol. The zero-order valence-corrected chi connectivity index (χ0v) is 63.8. The fraction of sp³-hybridized carbons (Fsp3) is 0.835. The molecule has 9 nitrogen and oxygen atoms in total. The molecular weight excluding hydrogens is 1190 g/mol. The van der Waals surface area contributed by atoms with Crippen LogP contribution in [0.25, 0.3) is 0 Å². The summed E-state index contributed by atoms with van der Waals surface area (Å²) in [7, 11) is -4.40. The van der Waals surface area contributed by atoms with Crippen LogP contribution in [-0.2, 0) is 32.7 Å². The molecule has 0 heterocycles. The molecule has 3 N–H and O–H groups in total. The van der Waals surface area contributed by atoms with Gasteiger partial charge in [-0.25, -0.2) is 4.57 Å². The minimum Gasteiger partial charge on any atom is -0.462 e. The summed E-state index contributed by atoms with van der Waals surface area (Å²) in [5.41, 5.74) is 5.42.